The summed E-state index contributed by atoms with van der Waals surface area (Å²) in [6.45, 7) is 0.590. The van der Waals surface area contributed by atoms with Crippen molar-refractivity contribution < 1.29 is 4.79 Å². The largest absolute Gasteiger partial charge is 0.358 e. The van der Waals surface area contributed by atoms with Crippen LogP contribution in [0.5, 0.6) is 0 Å². The van der Waals surface area contributed by atoms with Gasteiger partial charge in [0.25, 0.3) is 5.91 Å². The molecule has 0 radical (unpaired) electrons. The van der Waals surface area contributed by atoms with E-state index in [-0.39, 0.29) is 5.91 Å². The molecule has 0 spiro atoms. The number of rotatable bonds is 4. The Balaban J connectivity index is 1.53. The lowest BCUT2D eigenvalue weighted by atomic mass is 9.95. The predicted molar refractivity (Wildman–Crippen MR) is 95.2 cm³/mol. The fraction of sp³-hybridized carbons (Fsp3) is 0.300. The lowest BCUT2D eigenvalue weighted by Crippen LogP contribution is -2.26. The number of aromatic nitrogens is 2. The van der Waals surface area contributed by atoms with Crippen LogP contribution in [0.2, 0.25) is 0 Å². The van der Waals surface area contributed by atoms with Gasteiger partial charge in [0.1, 0.15) is 0 Å². The summed E-state index contributed by atoms with van der Waals surface area (Å²) >= 11 is 0. The van der Waals surface area contributed by atoms with E-state index in [9.17, 15) is 4.79 Å². The van der Waals surface area contributed by atoms with E-state index in [0.717, 1.165) is 36.0 Å². The van der Waals surface area contributed by atoms with E-state index >= 15 is 0 Å². The average Bonchev–Trinajstić information content (AvgIpc) is 3.01. The van der Waals surface area contributed by atoms with Gasteiger partial charge >= 0.3 is 0 Å². The summed E-state index contributed by atoms with van der Waals surface area (Å²) in [5.74, 6) is -0.0184. The summed E-state index contributed by atoms with van der Waals surface area (Å²) < 4.78 is 0. The van der Waals surface area contributed by atoms with E-state index in [1.807, 2.05) is 30.3 Å². The second kappa shape index (κ2) is 6.48. The zero-order valence-corrected chi connectivity index (χ0v) is 13.6. The first kappa shape index (κ1) is 14.9. The molecule has 0 fully saturated rings. The number of benzene rings is 1. The van der Waals surface area contributed by atoms with Crippen molar-refractivity contribution >= 4 is 16.8 Å². The number of carbonyl (C=O) groups excluding carboxylic acids is 1. The summed E-state index contributed by atoms with van der Waals surface area (Å²) in [5, 5.41) is 4.23. The van der Waals surface area contributed by atoms with Crippen LogP contribution in [0.15, 0.2) is 42.6 Å². The number of aromatic amines is 1. The molecule has 4 nitrogen and oxygen atoms in total. The highest BCUT2D eigenvalue weighted by Gasteiger charge is 2.19. The molecular weight excluding hydrogens is 298 g/mol. The third kappa shape index (κ3) is 2.80. The molecule has 2 heterocycles. The molecule has 4 heteroatoms. The lowest BCUT2D eigenvalue weighted by Gasteiger charge is -2.10. The Morgan fingerprint density at radius 1 is 1.12 bits per heavy atom. The molecule has 24 heavy (non-hydrogen) atoms. The molecule has 2 aromatic heterocycles. The van der Waals surface area contributed by atoms with Crippen LogP contribution >= 0.6 is 0 Å². The van der Waals surface area contributed by atoms with Crippen LogP contribution in [-0.2, 0) is 19.3 Å². The summed E-state index contributed by atoms with van der Waals surface area (Å²) in [7, 11) is 0. The molecule has 0 atom stereocenters. The van der Waals surface area contributed by atoms with Crippen LogP contribution in [0.3, 0.4) is 0 Å². The van der Waals surface area contributed by atoms with Gasteiger partial charge in [0.2, 0.25) is 0 Å². The Kier molecular flexibility index (Phi) is 4.03. The number of carbonyl (C=O) groups is 1. The predicted octanol–water partition coefficient (Wildman–Crippen LogP) is 3.41. The van der Waals surface area contributed by atoms with Gasteiger partial charge in [-0.05, 0) is 49.4 Å². The Labute approximate surface area is 141 Å². The zero-order valence-electron chi connectivity index (χ0n) is 13.6. The van der Waals surface area contributed by atoms with Crippen LogP contribution in [-0.4, -0.2) is 22.4 Å². The summed E-state index contributed by atoms with van der Waals surface area (Å²) in [6.07, 6.45) is 7.18. The number of nitrogens with zero attached hydrogens (tertiary/aromatic N) is 1. The minimum atomic E-state index is -0.0184. The highest BCUT2D eigenvalue weighted by Crippen LogP contribution is 2.30. The van der Waals surface area contributed by atoms with E-state index in [4.69, 9.17) is 0 Å². The van der Waals surface area contributed by atoms with E-state index in [1.165, 1.54) is 29.5 Å². The molecule has 1 aliphatic rings. The molecule has 0 bridgehead atoms. The van der Waals surface area contributed by atoms with Gasteiger partial charge < -0.3 is 10.3 Å². The minimum absolute atomic E-state index is 0.0184. The van der Waals surface area contributed by atoms with Gasteiger partial charge in [-0.15, -0.1) is 0 Å². The summed E-state index contributed by atoms with van der Waals surface area (Å²) in [4.78, 5) is 20.4. The molecule has 1 amide bonds. The third-order valence-corrected chi connectivity index (χ3v) is 4.77. The van der Waals surface area contributed by atoms with Crippen LogP contribution in [0.1, 0.15) is 40.2 Å². The van der Waals surface area contributed by atoms with Gasteiger partial charge in [-0.2, -0.15) is 0 Å². The highest BCUT2D eigenvalue weighted by molar-refractivity contribution is 6.06. The van der Waals surface area contributed by atoms with E-state index in [2.05, 4.69) is 21.4 Å². The normalized spacial score (nSPS) is 13.7. The molecular formula is C20H21N3O. The molecule has 1 aliphatic carbocycles. The van der Waals surface area contributed by atoms with Crippen LogP contribution in [0.4, 0.5) is 0 Å². The fourth-order valence-corrected chi connectivity index (χ4v) is 3.56. The van der Waals surface area contributed by atoms with Crippen molar-refractivity contribution in [2.75, 3.05) is 6.54 Å². The van der Waals surface area contributed by atoms with Crippen molar-refractivity contribution in [3.05, 3.63) is 65.1 Å². The number of para-hydroxylation sites is 1. The zero-order chi connectivity index (χ0) is 16.4. The van der Waals surface area contributed by atoms with E-state index < -0.39 is 0 Å². The first-order valence-electron chi connectivity index (χ1n) is 8.63. The number of nitrogens with one attached hydrogen (secondary N) is 2. The van der Waals surface area contributed by atoms with E-state index in [1.54, 1.807) is 6.20 Å². The third-order valence-electron chi connectivity index (χ3n) is 4.77. The van der Waals surface area contributed by atoms with Gasteiger partial charge in [0.05, 0.1) is 11.1 Å². The van der Waals surface area contributed by atoms with Gasteiger partial charge in [0.15, 0.2) is 0 Å². The highest BCUT2D eigenvalue weighted by atomic mass is 16.1. The van der Waals surface area contributed by atoms with Gasteiger partial charge in [0, 0.05) is 35.9 Å². The van der Waals surface area contributed by atoms with Gasteiger partial charge in [-0.25, -0.2) is 0 Å². The molecule has 0 saturated carbocycles. The standard InChI is InChI=1S/C20H21N3O/c24-20(22-13-11-14-6-3-4-12-21-14)17-9-5-8-16-15-7-1-2-10-18(15)23-19(16)17/h3-6,8-9,12,23H,1-2,7,10-11,13H2,(H,22,24). The molecule has 0 saturated heterocycles. The number of amides is 1. The van der Waals surface area contributed by atoms with Crippen molar-refractivity contribution in [3.8, 4) is 0 Å². The van der Waals surface area contributed by atoms with Gasteiger partial charge in [-0.3, -0.25) is 9.78 Å². The second-order valence-electron chi connectivity index (χ2n) is 6.34. The van der Waals surface area contributed by atoms with Crippen molar-refractivity contribution in [3.63, 3.8) is 0 Å². The lowest BCUT2D eigenvalue weighted by molar-refractivity contribution is 0.0955. The number of H-pyrrole nitrogens is 1. The summed E-state index contributed by atoms with van der Waals surface area (Å²) in [6, 6.07) is 11.9. The summed E-state index contributed by atoms with van der Waals surface area (Å²) in [5.41, 5.74) is 5.43. The van der Waals surface area contributed by atoms with Crippen molar-refractivity contribution in [2.45, 2.75) is 32.1 Å². The maximum atomic E-state index is 12.6. The number of pyridine rings is 1. The van der Waals surface area contributed by atoms with Crippen molar-refractivity contribution in [1.82, 2.24) is 15.3 Å². The Hall–Kier alpha value is -2.62. The number of fused-ring (bicyclic) bond motifs is 3. The van der Waals surface area contributed by atoms with Crippen LogP contribution in [0.25, 0.3) is 10.9 Å². The first-order chi connectivity index (χ1) is 11.8. The second-order valence-corrected chi connectivity index (χ2v) is 6.34. The Bertz CT molecular complexity index is 867. The fourth-order valence-electron chi connectivity index (χ4n) is 3.56. The van der Waals surface area contributed by atoms with Gasteiger partial charge in [-0.1, -0.05) is 18.2 Å². The molecule has 3 aromatic rings. The van der Waals surface area contributed by atoms with Crippen molar-refractivity contribution in [1.29, 1.82) is 0 Å². The SMILES string of the molecule is O=C(NCCc1ccccn1)c1cccc2c3c([nH]c12)CCCC3. The maximum Gasteiger partial charge on any atom is 0.253 e. The number of hydrogen-bond donors (Lipinski definition) is 2. The van der Waals surface area contributed by atoms with Crippen molar-refractivity contribution in [2.24, 2.45) is 0 Å². The maximum absolute atomic E-state index is 12.6. The topological polar surface area (TPSA) is 57.8 Å². The Morgan fingerprint density at radius 3 is 2.92 bits per heavy atom. The van der Waals surface area contributed by atoms with Crippen LogP contribution < -0.4 is 5.32 Å². The molecule has 0 unspecified atom stereocenters. The average molecular weight is 319 g/mol. The smallest absolute Gasteiger partial charge is 0.253 e. The number of aryl methyl sites for hydroxylation is 2. The first-order valence-corrected chi connectivity index (χ1v) is 8.63. The Morgan fingerprint density at radius 2 is 2.04 bits per heavy atom. The molecule has 0 aliphatic heterocycles. The quantitative estimate of drug-likeness (QED) is 0.774. The molecule has 2 N–H and O–H groups in total. The molecule has 4 rings (SSSR count). The molecule has 122 valence electrons. The monoisotopic (exact) mass is 319 g/mol. The van der Waals surface area contributed by atoms with Crippen LogP contribution in [0, 0.1) is 0 Å². The number of hydrogen-bond acceptors (Lipinski definition) is 2. The minimum Gasteiger partial charge on any atom is -0.358 e. The van der Waals surface area contributed by atoms with E-state index in [0.29, 0.717) is 6.54 Å². The molecule has 1 aromatic carbocycles.